The first-order chi connectivity index (χ1) is 17.1. The molecule has 2 aromatic rings. The SMILES string of the molecule is CCCC1CCC(C2COC(c3ccc(C(F)(F)Oc4cc(F)c(F)c(F)c4)c(F)c3F)OC2)CC1. The maximum absolute atomic E-state index is 14.8. The Morgan fingerprint density at radius 1 is 0.833 bits per heavy atom. The Morgan fingerprint density at radius 3 is 2.03 bits per heavy atom. The van der Waals surface area contributed by atoms with Gasteiger partial charge in [0.15, 0.2) is 35.4 Å². The van der Waals surface area contributed by atoms with Gasteiger partial charge in [-0.15, -0.1) is 0 Å². The summed E-state index contributed by atoms with van der Waals surface area (Å²) in [6.45, 7) is 2.72. The van der Waals surface area contributed by atoms with Crippen molar-refractivity contribution in [3.05, 3.63) is 64.5 Å². The van der Waals surface area contributed by atoms with Crippen LogP contribution < -0.4 is 4.74 Å². The van der Waals surface area contributed by atoms with E-state index in [0.29, 0.717) is 12.0 Å². The van der Waals surface area contributed by atoms with Crippen molar-refractivity contribution in [2.45, 2.75) is 57.8 Å². The summed E-state index contributed by atoms with van der Waals surface area (Å²) in [6.07, 6.45) is 1.000. The van der Waals surface area contributed by atoms with Crippen molar-refractivity contribution in [2.75, 3.05) is 13.2 Å². The van der Waals surface area contributed by atoms with Crippen LogP contribution in [0.15, 0.2) is 24.3 Å². The number of halogens is 7. The third-order valence-electron chi connectivity index (χ3n) is 7.06. The van der Waals surface area contributed by atoms with Gasteiger partial charge in [0.05, 0.1) is 13.2 Å². The molecule has 4 rings (SSSR count). The van der Waals surface area contributed by atoms with E-state index in [2.05, 4.69) is 11.7 Å². The van der Waals surface area contributed by atoms with Crippen molar-refractivity contribution in [1.29, 1.82) is 0 Å². The molecular formula is C26H27F7O3. The van der Waals surface area contributed by atoms with Crippen molar-refractivity contribution in [1.82, 2.24) is 0 Å². The van der Waals surface area contributed by atoms with E-state index in [4.69, 9.17) is 9.47 Å². The molecule has 10 heteroatoms. The van der Waals surface area contributed by atoms with Crippen molar-refractivity contribution >= 4 is 0 Å². The molecular weight excluding hydrogens is 493 g/mol. The summed E-state index contributed by atoms with van der Waals surface area (Å²) < 4.78 is 114. The molecule has 0 radical (unpaired) electrons. The van der Waals surface area contributed by atoms with Gasteiger partial charge in [0.25, 0.3) is 0 Å². The number of rotatable bonds is 7. The molecule has 198 valence electrons. The van der Waals surface area contributed by atoms with Crippen molar-refractivity contribution in [2.24, 2.45) is 17.8 Å². The zero-order chi connectivity index (χ0) is 26.0. The van der Waals surface area contributed by atoms with E-state index in [9.17, 15) is 30.7 Å². The predicted molar refractivity (Wildman–Crippen MR) is 116 cm³/mol. The first kappa shape index (κ1) is 26.7. The monoisotopic (exact) mass is 520 g/mol. The van der Waals surface area contributed by atoms with E-state index in [1.807, 2.05) is 0 Å². The van der Waals surface area contributed by atoms with Gasteiger partial charge < -0.3 is 14.2 Å². The van der Waals surface area contributed by atoms with Gasteiger partial charge in [-0.25, -0.2) is 22.0 Å². The van der Waals surface area contributed by atoms with Gasteiger partial charge in [0.2, 0.25) is 0 Å². The van der Waals surface area contributed by atoms with Crippen LogP contribution >= 0.6 is 0 Å². The van der Waals surface area contributed by atoms with Crippen LogP contribution in [-0.2, 0) is 15.6 Å². The van der Waals surface area contributed by atoms with Crippen LogP contribution in [0.4, 0.5) is 30.7 Å². The maximum atomic E-state index is 14.8. The Hall–Kier alpha value is -2.33. The van der Waals surface area contributed by atoms with Gasteiger partial charge in [-0.2, -0.15) is 8.78 Å². The Labute approximate surface area is 204 Å². The van der Waals surface area contributed by atoms with Gasteiger partial charge >= 0.3 is 6.11 Å². The summed E-state index contributed by atoms with van der Waals surface area (Å²) in [7, 11) is 0. The van der Waals surface area contributed by atoms with Gasteiger partial charge in [0.1, 0.15) is 11.3 Å². The molecule has 2 aromatic carbocycles. The Kier molecular flexibility index (Phi) is 8.14. The Balaban J connectivity index is 1.42. The molecule has 0 aromatic heterocycles. The van der Waals surface area contributed by atoms with E-state index in [0.717, 1.165) is 44.1 Å². The highest BCUT2D eigenvalue weighted by molar-refractivity contribution is 5.31. The summed E-state index contributed by atoms with van der Waals surface area (Å²) in [5.74, 6) is -8.81. The highest BCUT2D eigenvalue weighted by atomic mass is 19.3. The van der Waals surface area contributed by atoms with Crippen LogP contribution in [0, 0.1) is 46.8 Å². The highest BCUT2D eigenvalue weighted by Gasteiger charge is 2.41. The number of hydrogen-bond donors (Lipinski definition) is 0. The molecule has 0 N–H and O–H groups in total. The summed E-state index contributed by atoms with van der Waals surface area (Å²) in [5.41, 5.74) is -1.90. The quantitative estimate of drug-likeness (QED) is 0.276. The third-order valence-corrected chi connectivity index (χ3v) is 7.06. The van der Waals surface area contributed by atoms with Crippen molar-refractivity contribution < 1.29 is 44.9 Å². The largest absolute Gasteiger partial charge is 0.429 e. The molecule has 0 spiro atoms. The molecule has 2 aliphatic rings. The lowest BCUT2D eigenvalue weighted by molar-refractivity contribution is -0.216. The van der Waals surface area contributed by atoms with Crippen LogP contribution in [0.2, 0.25) is 0 Å². The molecule has 1 saturated heterocycles. The number of hydrogen-bond acceptors (Lipinski definition) is 3. The third kappa shape index (κ3) is 5.64. The first-order valence-electron chi connectivity index (χ1n) is 12.0. The van der Waals surface area contributed by atoms with E-state index in [-0.39, 0.29) is 31.3 Å². The molecule has 1 aliphatic heterocycles. The van der Waals surface area contributed by atoms with Crippen LogP contribution in [0.3, 0.4) is 0 Å². The molecule has 36 heavy (non-hydrogen) atoms. The zero-order valence-corrected chi connectivity index (χ0v) is 19.6. The van der Waals surface area contributed by atoms with Crippen molar-refractivity contribution in [3.63, 3.8) is 0 Å². The van der Waals surface area contributed by atoms with E-state index in [1.54, 1.807) is 0 Å². The van der Waals surface area contributed by atoms with E-state index >= 15 is 0 Å². The van der Waals surface area contributed by atoms with Crippen molar-refractivity contribution in [3.8, 4) is 5.75 Å². The van der Waals surface area contributed by atoms with Crippen LogP contribution in [0.25, 0.3) is 0 Å². The molecule has 0 amide bonds. The minimum absolute atomic E-state index is 0.116. The summed E-state index contributed by atoms with van der Waals surface area (Å²) >= 11 is 0. The molecule has 0 unspecified atom stereocenters. The zero-order valence-electron chi connectivity index (χ0n) is 19.6. The Bertz CT molecular complexity index is 1040. The van der Waals surface area contributed by atoms with E-state index in [1.165, 1.54) is 6.42 Å². The van der Waals surface area contributed by atoms with Crippen LogP contribution in [0.1, 0.15) is 62.9 Å². The fraction of sp³-hybridized carbons (Fsp3) is 0.538. The molecule has 0 atom stereocenters. The number of benzene rings is 2. The Morgan fingerprint density at radius 2 is 1.44 bits per heavy atom. The first-order valence-corrected chi connectivity index (χ1v) is 12.0. The smallest absolute Gasteiger partial charge is 0.429 e. The molecule has 0 bridgehead atoms. The normalized spacial score (nSPS) is 25.1. The lowest BCUT2D eigenvalue weighted by Gasteiger charge is -2.38. The molecule has 2 fully saturated rings. The molecule has 1 saturated carbocycles. The molecule has 1 heterocycles. The van der Waals surface area contributed by atoms with Gasteiger partial charge in [-0.3, -0.25) is 0 Å². The standard InChI is InChI=1S/C26H27F7O3/c1-2-3-14-4-6-15(7-5-14)16-12-34-25(35-13-16)18-8-9-19(23(30)22(18)29)26(32,33)36-17-10-20(27)24(31)21(28)11-17/h8-11,14-16,25H,2-7,12-13H2,1H3. The van der Waals surface area contributed by atoms with Crippen LogP contribution in [0.5, 0.6) is 5.75 Å². The lowest BCUT2D eigenvalue weighted by atomic mass is 9.75. The minimum Gasteiger partial charge on any atom is -0.429 e. The minimum atomic E-state index is -4.52. The summed E-state index contributed by atoms with van der Waals surface area (Å²) in [6, 6.07) is 1.81. The molecule has 3 nitrogen and oxygen atoms in total. The number of ether oxygens (including phenoxy) is 3. The van der Waals surface area contributed by atoms with Crippen LogP contribution in [-0.4, -0.2) is 13.2 Å². The topological polar surface area (TPSA) is 27.7 Å². The maximum Gasteiger partial charge on any atom is 0.429 e. The second kappa shape index (κ2) is 11.0. The average Bonchev–Trinajstić information content (AvgIpc) is 2.84. The molecule has 1 aliphatic carbocycles. The lowest BCUT2D eigenvalue weighted by Crippen LogP contribution is -2.34. The van der Waals surface area contributed by atoms with Gasteiger partial charge in [-0.1, -0.05) is 38.7 Å². The van der Waals surface area contributed by atoms with Gasteiger partial charge in [0, 0.05) is 23.6 Å². The highest BCUT2D eigenvalue weighted by Crippen LogP contribution is 2.40. The summed E-state index contributed by atoms with van der Waals surface area (Å²) in [4.78, 5) is 0. The number of alkyl halides is 2. The second-order valence-corrected chi connectivity index (χ2v) is 9.48. The van der Waals surface area contributed by atoms with Gasteiger partial charge in [-0.05, 0) is 30.7 Å². The predicted octanol–water partition coefficient (Wildman–Crippen LogP) is 7.78. The average molecular weight is 520 g/mol. The summed E-state index contributed by atoms with van der Waals surface area (Å²) in [5, 5.41) is 0. The second-order valence-electron chi connectivity index (χ2n) is 9.48. The van der Waals surface area contributed by atoms with E-state index < -0.39 is 58.4 Å². The fourth-order valence-corrected chi connectivity index (χ4v) is 5.09. The fourth-order valence-electron chi connectivity index (χ4n) is 5.09.